The fraction of sp³-hybridized carbons (Fsp3) is 0.480. The summed E-state index contributed by atoms with van der Waals surface area (Å²) >= 11 is 0. The molecule has 2 saturated heterocycles. The minimum Gasteiger partial charge on any atom is -0.369 e. The van der Waals surface area contributed by atoms with Gasteiger partial charge in [0.1, 0.15) is 0 Å². The maximum Gasteiger partial charge on any atom is 0.251 e. The molecular formula is C25H34N4O. The van der Waals surface area contributed by atoms with Crippen molar-refractivity contribution < 1.29 is 4.79 Å². The van der Waals surface area contributed by atoms with Crippen LogP contribution in [0.1, 0.15) is 28.8 Å². The third-order valence-electron chi connectivity index (χ3n) is 6.40. The standard InChI is InChI=1S/C25H34N4O/c1-27-16-18-29(19-17-27)24-11-9-22(10-12-24)25(30)26-23-8-5-14-28(20-23)15-13-21-6-3-2-4-7-21/h2-4,6-7,9-12,23H,5,8,13-20H2,1H3,(H,26,30). The SMILES string of the molecule is CN1CCN(c2ccc(C(=O)NC3CCCN(CCc4ccccc4)C3)cc2)CC1. The largest absolute Gasteiger partial charge is 0.369 e. The number of likely N-dealkylation sites (tertiary alicyclic amines) is 1. The number of amides is 1. The van der Waals surface area contributed by atoms with Gasteiger partial charge in [-0.3, -0.25) is 4.79 Å². The summed E-state index contributed by atoms with van der Waals surface area (Å²) in [5.74, 6) is 0.0508. The molecule has 30 heavy (non-hydrogen) atoms. The molecule has 4 rings (SSSR count). The summed E-state index contributed by atoms with van der Waals surface area (Å²) in [5.41, 5.74) is 3.35. The van der Waals surface area contributed by atoms with Crippen molar-refractivity contribution in [3.63, 3.8) is 0 Å². The molecule has 0 aromatic heterocycles. The smallest absolute Gasteiger partial charge is 0.251 e. The average Bonchev–Trinajstić information content (AvgIpc) is 2.79. The molecule has 0 spiro atoms. The number of hydrogen-bond acceptors (Lipinski definition) is 4. The van der Waals surface area contributed by atoms with Gasteiger partial charge in [0, 0.05) is 56.6 Å². The van der Waals surface area contributed by atoms with Crippen molar-refractivity contribution in [1.29, 1.82) is 0 Å². The Kier molecular flexibility index (Phi) is 7.03. The van der Waals surface area contributed by atoms with Gasteiger partial charge in [0.25, 0.3) is 5.91 Å². The van der Waals surface area contributed by atoms with Crippen LogP contribution >= 0.6 is 0 Å². The molecule has 2 aromatic rings. The van der Waals surface area contributed by atoms with Crippen molar-refractivity contribution in [2.45, 2.75) is 25.3 Å². The summed E-state index contributed by atoms with van der Waals surface area (Å²) in [6.07, 6.45) is 3.27. The first kappa shape index (κ1) is 20.9. The number of piperazine rings is 1. The van der Waals surface area contributed by atoms with Gasteiger partial charge in [-0.25, -0.2) is 0 Å². The van der Waals surface area contributed by atoms with E-state index in [0.717, 1.165) is 70.6 Å². The predicted octanol–water partition coefficient (Wildman–Crippen LogP) is 2.88. The lowest BCUT2D eigenvalue weighted by molar-refractivity contribution is 0.0904. The molecule has 2 heterocycles. The number of nitrogens with one attached hydrogen (secondary N) is 1. The Balaban J connectivity index is 1.26. The lowest BCUT2D eigenvalue weighted by Gasteiger charge is -2.34. The number of likely N-dealkylation sites (N-methyl/N-ethyl adjacent to an activating group) is 1. The number of rotatable bonds is 6. The quantitative estimate of drug-likeness (QED) is 0.801. The van der Waals surface area contributed by atoms with Gasteiger partial charge in [-0.2, -0.15) is 0 Å². The van der Waals surface area contributed by atoms with E-state index < -0.39 is 0 Å². The van der Waals surface area contributed by atoms with Crippen molar-refractivity contribution >= 4 is 11.6 Å². The molecule has 1 amide bonds. The summed E-state index contributed by atoms with van der Waals surface area (Å²) in [6.45, 7) is 7.38. The summed E-state index contributed by atoms with van der Waals surface area (Å²) in [7, 11) is 2.17. The molecule has 2 aliphatic rings. The van der Waals surface area contributed by atoms with E-state index in [1.165, 1.54) is 11.3 Å². The molecule has 1 unspecified atom stereocenters. The Hall–Kier alpha value is -2.37. The molecule has 160 valence electrons. The fourth-order valence-electron chi connectivity index (χ4n) is 4.47. The van der Waals surface area contributed by atoms with Gasteiger partial charge in [-0.15, -0.1) is 0 Å². The highest BCUT2D eigenvalue weighted by molar-refractivity contribution is 5.94. The summed E-state index contributed by atoms with van der Waals surface area (Å²) in [4.78, 5) is 20.0. The van der Waals surface area contributed by atoms with E-state index >= 15 is 0 Å². The number of carbonyl (C=O) groups is 1. The van der Waals surface area contributed by atoms with Gasteiger partial charge >= 0.3 is 0 Å². The zero-order valence-electron chi connectivity index (χ0n) is 18.1. The first-order valence-electron chi connectivity index (χ1n) is 11.3. The minimum absolute atomic E-state index is 0.0508. The molecule has 2 aliphatic heterocycles. The number of carbonyl (C=O) groups excluding carboxylic acids is 1. The second-order valence-electron chi connectivity index (χ2n) is 8.69. The van der Waals surface area contributed by atoms with Crippen LogP contribution in [0.15, 0.2) is 54.6 Å². The fourth-order valence-corrected chi connectivity index (χ4v) is 4.47. The van der Waals surface area contributed by atoms with E-state index in [1.54, 1.807) is 0 Å². The molecule has 0 saturated carbocycles. The van der Waals surface area contributed by atoms with E-state index in [9.17, 15) is 4.79 Å². The van der Waals surface area contributed by atoms with E-state index in [-0.39, 0.29) is 11.9 Å². The Morgan fingerprint density at radius 3 is 2.43 bits per heavy atom. The number of piperidine rings is 1. The van der Waals surface area contributed by atoms with Crippen LogP contribution in [0.3, 0.4) is 0 Å². The Morgan fingerprint density at radius 1 is 0.967 bits per heavy atom. The van der Waals surface area contributed by atoms with E-state index in [4.69, 9.17) is 0 Å². The topological polar surface area (TPSA) is 38.8 Å². The molecule has 2 fully saturated rings. The third-order valence-corrected chi connectivity index (χ3v) is 6.40. The molecule has 2 aromatic carbocycles. The Bertz CT molecular complexity index is 800. The van der Waals surface area contributed by atoms with Gasteiger partial charge < -0.3 is 20.0 Å². The number of nitrogens with zero attached hydrogens (tertiary/aromatic N) is 3. The molecule has 5 heteroatoms. The number of anilines is 1. The highest BCUT2D eigenvalue weighted by atomic mass is 16.1. The monoisotopic (exact) mass is 406 g/mol. The first-order valence-corrected chi connectivity index (χ1v) is 11.3. The lowest BCUT2D eigenvalue weighted by Crippen LogP contribution is -2.48. The molecule has 0 aliphatic carbocycles. The van der Waals surface area contributed by atoms with Crippen molar-refractivity contribution in [2.75, 3.05) is 57.8 Å². The van der Waals surface area contributed by atoms with Crippen molar-refractivity contribution in [1.82, 2.24) is 15.1 Å². The molecule has 0 radical (unpaired) electrons. The van der Waals surface area contributed by atoms with E-state index in [0.29, 0.717) is 0 Å². The molecular weight excluding hydrogens is 372 g/mol. The zero-order chi connectivity index (χ0) is 20.8. The minimum atomic E-state index is 0.0508. The van der Waals surface area contributed by atoms with Crippen LogP contribution in [-0.4, -0.2) is 74.6 Å². The van der Waals surface area contributed by atoms with Crippen LogP contribution in [0.5, 0.6) is 0 Å². The summed E-state index contributed by atoms with van der Waals surface area (Å²) in [5, 5.41) is 3.27. The summed E-state index contributed by atoms with van der Waals surface area (Å²) < 4.78 is 0. The maximum absolute atomic E-state index is 12.8. The Labute approximate surface area is 180 Å². The van der Waals surface area contributed by atoms with Gasteiger partial charge in [-0.1, -0.05) is 30.3 Å². The number of benzene rings is 2. The highest BCUT2D eigenvalue weighted by Crippen LogP contribution is 2.18. The average molecular weight is 407 g/mol. The summed E-state index contributed by atoms with van der Waals surface area (Å²) in [6, 6.07) is 19.0. The van der Waals surface area contributed by atoms with E-state index in [2.05, 4.69) is 69.5 Å². The second kappa shape index (κ2) is 10.1. The molecule has 1 atom stereocenters. The molecule has 0 bridgehead atoms. The van der Waals surface area contributed by atoms with Crippen molar-refractivity contribution in [3.05, 3.63) is 65.7 Å². The van der Waals surface area contributed by atoms with E-state index in [1.807, 2.05) is 12.1 Å². The van der Waals surface area contributed by atoms with Gasteiger partial charge in [0.05, 0.1) is 0 Å². The zero-order valence-corrected chi connectivity index (χ0v) is 18.1. The second-order valence-corrected chi connectivity index (χ2v) is 8.69. The van der Waals surface area contributed by atoms with Crippen LogP contribution in [0.2, 0.25) is 0 Å². The molecule has 5 nitrogen and oxygen atoms in total. The lowest BCUT2D eigenvalue weighted by atomic mass is 10.0. The van der Waals surface area contributed by atoms with Crippen molar-refractivity contribution in [3.8, 4) is 0 Å². The first-order chi connectivity index (χ1) is 14.7. The molecule has 1 N–H and O–H groups in total. The van der Waals surface area contributed by atoms with Gasteiger partial charge in [0.15, 0.2) is 0 Å². The number of hydrogen-bond donors (Lipinski definition) is 1. The normalized spacial score (nSPS) is 20.8. The van der Waals surface area contributed by atoms with Gasteiger partial charge in [0.2, 0.25) is 0 Å². The predicted molar refractivity (Wildman–Crippen MR) is 123 cm³/mol. The third kappa shape index (κ3) is 5.61. The van der Waals surface area contributed by atoms with Crippen LogP contribution in [0.4, 0.5) is 5.69 Å². The Morgan fingerprint density at radius 2 is 1.70 bits per heavy atom. The van der Waals surface area contributed by atoms with Gasteiger partial charge in [-0.05, 0) is 62.7 Å². The van der Waals surface area contributed by atoms with Crippen LogP contribution in [0.25, 0.3) is 0 Å². The maximum atomic E-state index is 12.8. The van der Waals surface area contributed by atoms with Crippen LogP contribution < -0.4 is 10.2 Å². The van der Waals surface area contributed by atoms with Crippen LogP contribution in [0, 0.1) is 0 Å². The highest BCUT2D eigenvalue weighted by Gasteiger charge is 2.22. The van der Waals surface area contributed by atoms with Crippen molar-refractivity contribution in [2.24, 2.45) is 0 Å². The van der Waals surface area contributed by atoms with Crippen LogP contribution in [-0.2, 0) is 6.42 Å².